The molecule has 1 unspecified atom stereocenters. The van der Waals surface area contributed by atoms with Gasteiger partial charge in [0.05, 0.1) is 6.61 Å². The van der Waals surface area contributed by atoms with Crippen molar-refractivity contribution in [2.24, 2.45) is 11.3 Å². The Balaban J connectivity index is 1.80. The lowest BCUT2D eigenvalue weighted by molar-refractivity contribution is -0.0169. The van der Waals surface area contributed by atoms with Crippen LogP contribution in [0, 0.1) is 11.3 Å². The molecule has 0 aromatic carbocycles. The summed E-state index contributed by atoms with van der Waals surface area (Å²) >= 11 is 0. The van der Waals surface area contributed by atoms with Crippen molar-refractivity contribution in [3.05, 3.63) is 0 Å². The van der Waals surface area contributed by atoms with Gasteiger partial charge in [0.2, 0.25) is 0 Å². The highest BCUT2D eigenvalue weighted by Gasteiger charge is 2.35. The van der Waals surface area contributed by atoms with Gasteiger partial charge in [-0.3, -0.25) is 0 Å². The second kappa shape index (κ2) is 6.17. The van der Waals surface area contributed by atoms with Crippen LogP contribution >= 0.6 is 0 Å². The van der Waals surface area contributed by atoms with Crippen LogP contribution in [0.25, 0.3) is 0 Å². The molecule has 2 rings (SSSR count). The first-order chi connectivity index (χ1) is 8.29. The van der Waals surface area contributed by atoms with Crippen LogP contribution in [-0.2, 0) is 4.74 Å². The van der Waals surface area contributed by atoms with E-state index in [9.17, 15) is 5.11 Å². The van der Waals surface area contributed by atoms with E-state index in [-0.39, 0.29) is 5.41 Å². The molecule has 100 valence electrons. The Morgan fingerprint density at radius 2 is 2.06 bits per heavy atom. The fourth-order valence-corrected chi connectivity index (χ4v) is 2.86. The quantitative estimate of drug-likeness (QED) is 0.716. The summed E-state index contributed by atoms with van der Waals surface area (Å²) in [5.74, 6) is 0.908. The lowest BCUT2D eigenvalue weighted by Gasteiger charge is -2.37. The topological polar surface area (TPSA) is 41.5 Å². The first-order valence-electron chi connectivity index (χ1n) is 7.22. The summed E-state index contributed by atoms with van der Waals surface area (Å²) in [6.07, 6.45) is 7.33. The average molecular weight is 241 g/mol. The van der Waals surface area contributed by atoms with Crippen molar-refractivity contribution in [2.45, 2.75) is 51.5 Å². The number of hydrogen-bond donors (Lipinski definition) is 2. The third kappa shape index (κ3) is 3.67. The van der Waals surface area contributed by atoms with Crippen LogP contribution in [0.4, 0.5) is 0 Å². The van der Waals surface area contributed by atoms with Gasteiger partial charge < -0.3 is 15.2 Å². The first kappa shape index (κ1) is 13.3. The zero-order chi connectivity index (χ0) is 12.1. The molecule has 0 amide bonds. The van der Waals surface area contributed by atoms with Crippen LogP contribution in [0.3, 0.4) is 0 Å². The lowest BCUT2D eigenvalue weighted by atomic mass is 9.80. The Morgan fingerprint density at radius 1 is 1.35 bits per heavy atom. The molecule has 2 N–H and O–H groups in total. The Hall–Kier alpha value is -0.120. The van der Waals surface area contributed by atoms with Gasteiger partial charge in [0.1, 0.15) is 0 Å². The predicted molar refractivity (Wildman–Crippen MR) is 69.0 cm³/mol. The molecule has 1 aliphatic heterocycles. The van der Waals surface area contributed by atoms with Gasteiger partial charge in [-0.2, -0.15) is 0 Å². The first-order valence-corrected chi connectivity index (χ1v) is 7.22. The largest absolute Gasteiger partial charge is 0.396 e. The monoisotopic (exact) mass is 241 g/mol. The van der Waals surface area contributed by atoms with Crippen molar-refractivity contribution in [1.29, 1.82) is 0 Å². The summed E-state index contributed by atoms with van der Waals surface area (Å²) in [6.45, 7) is 5.14. The molecule has 0 radical (unpaired) electrons. The van der Waals surface area contributed by atoms with E-state index >= 15 is 0 Å². The molecule has 3 nitrogen and oxygen atoms in total. The number of aliphatic hydroxyl groups is 1. The molecule has 1 saturated heterocycles. The van der Waals surface area contributed by atoms with E-state index in [4.69, 9.17) is 4.74 Å². The van der Waals surface area contributed by atoms with E-state index in [1.165, 1.54) is 25.7 Å². The smallest absolute Gasteiger partial charge is 0.0501 e. The van der Waals surface area contributed by atoms with Gasteiger partial charge in [0.15, 0.2) is 0 Å². The second-order valence-corrected chi connectivity index (χ2v) is 5.88. The summed E-state index contributed by atoms with van der Waals surface area (Å²) in [6, 6.07) is 0.686. The van der Waals surface area contributed by atoms with Crippen LogP contribution in [-0.4, -0.2) is 37.5 Å². The molecule has 2 fully saturated rings. The van der Waals surface area contributed by atoms with Crippen molar-refractivity contribution >= 4 is 0 Å². The van der Waals surface area contributed by atoms with Gasteiger partial charge in [0.25, 0.3) is 0 Å². The van der Waals surface area contributed by atoms with Crippen molar-refractivity contribution in [1.82, 2.24) is 5.32 Å². The van der Waals surface area contributed by atoms with E-state index in [1.54, 1.807) is 0 Å². The molecule has 1 atom stereocenters. The predicted octanol–water partition coefficient (Wildman–Crippen LogP) is 1.94. The van der Waals surface area contributed by atoms with E-state index in [1.807, 2.05) is 0 Å². The molecule has 1 heterocycles. The summed E-state index contributed by atoms with van der Waals surface area (Å²) in [7, 11) is 0. The van der Waals surface area contributed by atoms with E-state index < -0.39 is 0 Å². The molecule has 0 bridgehead atoms. The summed E-state index contributed by atoms with van der Waals surface area (Å²) in [5, 5.41) is 13.4. The second-order valence-electron chi connectivity index (χ2n) is 5.88. The minimum absolute atomic E-state index is 0.0825. The minimum atomic E-state index is 0.0825. The molecular weight excluding hydrogens is 214 g/mol. The average Bonchev–Trinajstić information content (AvgIpc) is 3.20. The number of ether oxygens (including phenoxy) is 1. The van der Waals surface area contributed by atoms with Gasteiger partial charge in [-0.05, 0) is 38.0 Å². The fraction of sp³-hybridized carbons (Fsp3) is 1.00. The minimum Gasteiger partial charge on any atom is -0.396 e. The SMILES string of the molecule is CCCC(NCC1(CO)CCOCC1)C1CC1. The highest BCUT2D eigenvalue weighted by atomic mass is 16.5. The number of rotatable bonds is 7. The molecule has 2 aliphatic rings. The third-order valence-electron chi connectivity index (χ3n) is 4.42. The molecule has 0 aromatic heterocycles. The van der Waals surface area contributed by atoms with Crippen molar-refractivity contribution in [2.75, 3.05) is 26.4 Å². The summed E-state index contributed by atoms with van der Waals surface area (Å²) in [5.41, 5.74) is 0.0825. The highest BCUT2D eigenvalue weighted by molar-refractivity contribution is 4.90. The molecule has 0 spiro atoms. The number of hydrogen-bond acceptors (Lipinski definition) is 3. The van der Waals surface area contributed by atoms with E-state index in [0.29, 0.717) is 12.6 Å². The van der Waals surface area contributed by atoms with Gasteiger partial charge in [-0.1, -0.05) is 13.3 Å². The van der Waals surface area contributed by atoms with E-state index in [2.05, 4.69) is 12.2 Å². The lowest BCUT2D eigenvalue weighted by Crippen LogP contribution is -2.45. The maximum atomic E-state index is 9.64. The Bertz CT molecular complexity index is 222. The molecule has 1 aliphatic carbocycles. The van der Waals surface area contributed by atoms with Crippen molar-refractivity contribution < 1.29 is 9.84 Å². The van der Waals surface area contributed by atoms with Gasteiger partial charge in [-0.15, -0.1) is 0 Å². The number of aliphatic hydroxyl groups excluding tert-OH is 1. The van der Waals surface area contributed by atoms with Crippen LogP contribution in [0.15, 0.2) is 0 Å². The van der Waals surface area contributed by atoms with Crippen LogP contribution in [0.5, 0.6) is 0 Å². The maximum absolute atomic E-state index is 9.64. The van der Waals surface area contributed by atoms with Gasteiger partial charge in [-0.25, -0.2) is 0 Å². The number of nitrogens with one attached hydrogen (secondary N) is 1. The molecule has 3 heteroatoms. The van der Waals surface area contributed by atoms with Crippen LogP contribution in [0.2, 0.25) is 0 Å². The third-order valence-corrected chi connectivity index (χ3v) is 4.42. The molecule has 17 heavy (non-hydrogen) atoms. The van der Waals surface area contributed by atoms with Crippen molar-refractivity contribution in [3.63, 3.8) is 0 Å². The van der Waals surface area contributed by atoms with Gasteiger partial charge >= 0.3 is 0 Å². The van der Waals surface area contributed by atoms with E-state index in [0.717, 1.165) is 38.5 Å². The summed E-state index contributed by atoms with van der Waals surface area (Å²) in [4.78, 5) is 0. The highest BCUT2D eigenvalue weighted by Crippen LogP contribution is 2.36. The van der Waals surface area contributed by atoms with Gasteiger partial charge in [0, 0.05) is 31.2 Å². The standard InChI is InChI=1S/C14H27NO2/c1-2-3-13(12-4-5-12)15-10-14(11-16)6-8-17-9-7-14/h12-13,15-16H,2-11H2,1H3. The molecule has 0 aromatic rings. The normalized spacial score (nSPS) is 25.8. The Morgan fingerprint density at radius 3 is 2.59 bits per heavy atom. The zero-order valence-electron chi connectivity index (χ0n) is 11.1. The molecule has 1 saturated carbocycles. The van der Waals surface area contributed by atoms with Crippen LogP contribution < -0.4 is 5.32 Å². The Labute approximate surface area is 105 Å². The van der Waals surface area contributed by atoms with Crippen LogP contribution in [0.1, 0.15) is 45.4 Å². The fourth-order valence-electron chi connectivity index (χ4n) is 2.86. The summed E-state index contributed by atoms with van der Waals surface area (Å²) < 4.78 is 5.40. The maximum Gasteiger partial charge on any atom is 0.0501 e. The van der Waals surface area contributed by atoms with Crippen molar-refractivity contribution in [3.8, 4) is 0 Å². The molecular formula is C14H27NO2. The Kier molecular flexibility index (Phi) is 4.83. The zero-order valence-corrected chi connectivity index (χ0v) is 11.1.